The van der Waals surface area contributed by atoms with Crippen LogP contribution < -0.4 is 10.6 Å². The lowest BCUT2D eigenvalue weighted by atomic mass is 10.3. The van der Waals surface area contributed by atoms with Gasteiger partial charge in [-0.25, -0.2) is 4.98 Å². The van der Waals surface area contributed by atoms with Crippen molar-refractivity contribution in [2.45, 2.75) is 32.9 Å². The van der Waals surface area contributed by atoms with Crippen molar-refractivity contribution in [3.05, 3.63) is 5.82 Å². The van der Waals surface area contributed by atoms with Crippen LogP contribution in [-0.2, 0) is 9.53 Å². The molecule has 0 saturated carbocycles. The number of likely N-dealkylation sites (N-methyl/N-ethyl adjacent to an activating group) is 1. The maximum atomic E-state index is 11.5. The van der Waals surface area contributed by atoms with Crippen molar-refractivity contribution in [2.24, 2.45) is 0 Å². The smallest absolute Gasteiger partial charge is 0.242 e. The summed E-state index contributed by atoms with van der Waals surface area (Å²) in [5.74, 6) is 0.576. The maximum Gasteiger partial charge on any atom is 0.242 e. The first-order valence-corrected chi connectivity index (χ1v) is 6.26. The average molecular weight is 258 g/mol. The Morgan fingerprint density at radius 1 is 1.53 bits per heavy atom. The van der Waals surface area contributed by atoms with E-state index < -0.39 is 0 Å². The minimum absolute atomic E-state index is 0.0518. The number of carbonyl (C=O) groups excluding carboxylic acids is 1. The predicted octanol–water partition coefficient (Wildman–Crippen LogP) is 1.18. The summed E-state index contributed by atoms with van der Waals surface area (Å²) >= 11 is 1.22. The Morgan fingerprint density at radius 3 is 2.82 bits per heavy atom. The van der Waals surface area contributed by atoms with Gasteiger partial charge in [0.25, 0.3) is 0 Å². The van der Waals surface area contributed by atoms with E-state index >= 15 is 0 Å². The van der Waals surface area contributed by atoms with Gasteiger partial charge in [0, 0.05) is 25.2 Å². The van der Waals surface area contributed by atoms with E-state index in [9.17, 15) is 4.79 Å². The van der Waals surface area contributed by atoms with Gasteiger partial charge >= 0.3 is 0 Å². The molecule has 0 aromatic carbocycles. The highest BCUT2D eigenvalue weighted by atomic mass is 32.1. The zero-order valence-corrected chi connectivity index (χ0v) is 11.3. The number of ether oxygens (including phenoxy) is 1. The molecule has 0 aliphatic rings. The molecule has 0 bridgehead atoms. The molecular formula is C10H18N4O2S. The minimum Gasteiger partial charge on any atom is -0.374 e. The van der Waals surface area contributed by atoms with Gasteiger partial charge in [-0.2, -0.15) is 4.37 Å². The van der Waals surface area contributed by atoms with Gasteiger partial charge in [0.1, 0.15) is 12.1 Å². The van der Waals surface area contributed by atoms with Gasteiger partial charge in [-0.1, -0.05) is 0 Å². The molecule has 6 nitrogen and oxygen atoms in total. The molecule has 1 rings (SSSR count). The van der Waals surface area contributed by atoms with Crippen LogP contribution in [0, 0.1) is 0 Å². The van der Waals surface area contributed by atoms with E-state index in [0.29, 0.717) is 17.5 Å². The number of hydrogen-bond acceptors (Lipinski definition) is 6. The van der Waals surface area contributed by atoms with E-state index in [1.807, 2.05) is 13.8 Å². The van der Waals surface area contributed by atoms with Crippen LogP contribution in [0.15, 0.2) is 0 Å². The summed E-state index contributed by atoms with van der Waals surface area (Å²) < 4.78 is 9.27. The van der Waals surface area contributed by atoms with E-state index in [2.05, 4.69) is 20.0 Å². The molecule has 0 saturated heterocycles. The first-order valence-electron chi connectivity index (χ1n) is 5.49. The van der Waals surface area contributed by atoms with E-state index in [-0.39, 0.29) is 18.1 Å². The Kier molecular flexibility index (Phi) is 5.30. The summed E-state index contributed by atoms with van der Waals surface area (Å²) in [6.07, 6.45) is -0.137. The van der Waals surface area contributed by atoms with Crippen molar-refractivity contribution >= 4 is 22.6 Å². The van der Waals surface area contributed by atoms with Crippen molar-refractivity contribution < 1.29 is 9.53 Å². The van der Waals surface area contributed by atoms with E-state index in [4.69, 9.17) is 4.74 Å². The maximum absolute atomic E-state index is 11.5. The molecule has 0 radical (unpaired) electrons. The van der Waals surface area contributed by atoms with Gasteiger partial charge in [0.05, 0.1) is 0 Å². The minimum atomic E-state index is -0.325. The Bertz CT molecular complexity index is 369. The number of hydrogen-bond donors (Lipinski definition) is 2. The van der Waals surface area contributed by atoms with E-state index in [1.54, 1.807) is 14.0 Å². The molecular weight excluding hydrogens is 240 g/mol. The van der Waals surface area contributed by atoms with Gasteiger partial charge in [-0.3, -0.25) is 4.79 Å². The Labute approximate surface area is 105 Å². The number of aromatic nitrogens is 2. The van der Waals surface area contributed by atoms with Crippen molar-refractivity contribution in [1.82, 2.24) is 14.7 Å². The topological polar surface area (TPSA) is 76.1 Å². The van der Waals surface area contributed by atoms with Crippen LogP contribution in [0.25, 0.3) is 0 Å². The lowest BCUT2D eigenvalue weighted by Crippen LogP contribution is -2.37. The second-order valence-corrected chi connectivity index (χ2v) is 4.35. The molecule has 2 atom stereocenters. The number of nitrogens with zero attached hydrogens (tertiary/aromatic N) is 2. The van der Waals surface area contributed by atoms with Gasteiger partial charge in [0.2, 0.25) is 11.0 Å². The largest absolute Gasteiger partial charge is 0.374 e. The normalized spacial score (nSPS) is 14.1. The highest BCUT2D eigenvalue weighted by Crippen LogP contribution is 2.18. The monoisotopic (exact) mass is 258 g/mol. The number of carbonyl (C=O) groups is 1. The first kappa shape index (κ1) is 13.9. The summed E-state index contributed by atoms with van der Waals surface area (Å²) in [7, 11) is 1.61. The van der Waals surface area contributed by atoms with Gasteiger partial charge < -0.3 is 15.4 Å². The van der Waals surface area contributed by atoms with Crippen LogP contribution in [0.1, 0.15) is 32.7 Å². The summed E-state index contributed by atoms with van der Waals surface area (Å²) in [5.41, 5.74) is 0. The Hall–Kier alpha value is -1.21. The molecule has 1 aromatic heterocycles. The molecule has 2 unspecified atom stereocenters. The molecule has 7 heteroatoms. The van der Waals surface area contributed by atoms with Gasteiger partial charge in [0.15, 0.2) is 5.82 Å². The quantitative estimate of drug-likeness (QED) is 0.801. The van der Waals surface area contributed by atoms with Crippen molar-refractivity contribution in [3.8, 4) is 0 Å². The number of nitrogens with one attached hydrogen (secondary N) is 2. The standard InChI is InChI=1S/C10H18N4O2S/c1-5-11-9(15)6(2)12-10-13-8(14-17-10)7(3)16-4/h6-7H,5H2,1-4H3,(H,11,15)(H,12,13,14). The summed E-state index contributed by atoms with van der Waals surface area (Å²) in [5, 5.41) is 6.37. The predicted molar refractivity (Wildman–Crippen MR) is 67.1 cm³/mol. The Balaban J connectivity index is 2.57. The van der Waals surface area contributed by atoms with Crippen LogP contribution >= 0.6 is 11.5 Å². The third-order valence-electron chi connectivity index (χ3n) is 2.24. The second kappa shape index (κ2) is 6.51. The highest BCUT2D eigenvalue weighted by molar-refractivity contribution is 7.09. The molecule has 1 heterocycles. The molecule has 2 N–H and O–H groups in total. The van der Waals surface area contributed by atoms with Crippen LogP contribution in [0.5, 0.6) is 0 Å². The zero-order valence-electron chi connectivity index (χ0n) is 10.5. The molecule has 0 aliphatic heterocycles. The average Bonchev–Trinajstić information content (AvgIpc) is 2.76. The fraction of sp³-hybridized carbons (Fsp3) is 0.700. The highest BCUT2D eigenvalue weighted by Gasteiger charge is 2.15. The number of amides is 1. The Morgan fingerprint density at radius 2 is 2.24 bits per heavy atom. The van der Waals surface area contributed by atoms with Crippen molar-refractivity contribution in [1.29, 1.82) is 0 Å². The van der Waals surface area contributed by atoms with Crippen LogP contribution in [-0.4, -0.2) is 35.0 Å². The lowest BCUT2D eigenvalue weighted by Gasteiger charge is -2.11. The van der Waals surface area contributed by atoms with Gasteiger partial charge in [-0.05, 0) is 20.8 Å². The molecule has 96 valence electrons. The third kappa shape index (κ3) is 3.94. The fourth-order valence-corrected chi connectivity index (χ4v) is 1.88. The van der Waals surface area contributed by atoms with Crippen LogP contribution in [0.2, 0.25) is 0 Å². The molecule has 0 fully saturated rings. The van der Waals surface area contributed by atoms with Crippen molar-refractivity contribution in [3.63, 3.8) is 0 Å². The van der Waals surface area contributed by atoms with E-state index in [1.165, 1.54) is 11.5 Å². The molecule has 17 heavy (non-hydrogen) atoms. The molecule has 0 spiro atoms. The number of methoxy groups -OCH3 is 1. The third-order valence-corrected chi connectivity index (χ3v) is 2.90. The van der Waals surface area contributed by atoms with Crippen molar-refractivity contribution in [2.75, 3.05) is 19.0 Å². The molecule has 1 aromatic rings. The van der Waals surface area contributed by atoms with Crippen LogP contribution in [0.4, 0.5) is 5.13 Å². The van der Waals surface area contributed by atoms with E-state index in [0.717, 1.165) is 0 Å². The second-order valence-electron chi connectivity index (χ2n) is 3.60. The number of rotatable bonds is 6. The number of anilines is 1. The zero-order chi connectivity index (χ0) is 12.8. The SMILES string of the molecule is CCNC(=O)C(C)Nc1nc(C(C)OC)ns1. The summed E-state index contributed by atoms with van der Waals surface area (Å²) in [6.45, 7) is 6.16. The summed E-state index contributed by atoms with van der Waals surface area (Å²) in [4.78, 5) is 15.8. The summed E-state index contributed by atoms with van der Waals surface area (Å²) in [6, 6.07) is -0.325. The molecule has 0 aliphatic carbocycles. The van der Waals surface area contributed by atoms with Gasteiger partial charge in [-0.15, -0.1) is 0 Å². The van der Waals surface area contributed by atoms with Crippen LogP contribution in [0.3, 0.4) is 0 Å². The first-order chi connectivity index (χ1) is 8.08. The fourth-order valence-electron chi connectivity index (χ4n) is 1.14. The lowest BCUT2D eigenvalue weighted by molar-refractivity contribution is -0.121. The molecule has 1 amide bonds.